The fourth-order valence-corrected chi connectivity index (χ4v) is 4.06. The second kappa shape index (κ2) is 8.80. The number of rotatable bonds is 4. The highest BCUT2D eigenvalue weighted by atomic mass is 16.1. The molecular weight excluding hydrogens is 362 g/mol. The summed E-state index contributed by atoms with van der Waals surface area (Å²) in [5.74, 6) is 2.22. The Hall–Kier alpha value is -2.63. The standard InChI is InChI=1S/C23H31N5O/c1-17-7-11-27(12-8-17)20-5-3-19(4-6-20)26-23(29)21-15-25-22(16-24-21)28-13-9-18(2)10-14-28/h3-6,15-18H,7-14H2,1-2H3,(H,26,29). The van der Waals surface area contributed by atoms with Crippen LogP contribution in [0.15, 0.2) is 36.7 Å². The van der Waals surface area contributed by atoms with Crippen LogP contribution in [-0.2, 0) is 0 Å². The van der Waals surface area contributed by atoms with E-state index in [4.69, 9.17) is 0 Å². The molecular formula is C23H31N5O. The molecule has 6 heteroatoms. The van der Waals surface area contributed by atoms with Crippen molar-refractivity contribution in [3.63, 3.8) is 0 Å². The van der Waals surface area contributed by atoms with Crippen molar-refractivity contribution in [2.45, 2.75) is 39.5 Å². The number of carbonyl (C=O) groups excluding carboxylic acids is 1. The van der Waals surface area contributed by atoms with Gasteiger partial charge in [0.1, 0.15) is 11.5 Å². The van der Waals surface area contributed by atoms with Crippen LogP contribution in [0.5, 0.6) is 0 Å². The van der Waals surface area contributed by atoms with Crippen molar-refractivity contribution in [3.05, 3.63) is 42.4 Å². The van der Waals surface area contributed by atoms with Crippen LogP contribution in [0.1, 0.15) is 50.0 Å². The van der Waals surface area contributed by atoms with Crippen molar-refractivity contribution in [1.29, 1.82) is 0 Å². The van der Waals surface area contributed by atoms with Crippen LogP contribution < -0.4 is 15.1 Å². The number of piperidine rings is 2. The molecule has 0 atom stereocenters. The van der Waals surface area contributed by atoms with Crippen LogP contribution >= 0.6 is 0 Å². The van der Waals surface area contributed by atoms with E-state index >= 15 is 0 Å². The van der Waals surface area contributed by atoms with Gasteiger partial charge in [0.25, 0.3) is 5.91 Å². The number of nitrogens with one attached hydrogen (secondary N) is 1. The molecule has 4 rings (SSSR count). The zero-order valence-corrected chi connectivity index (χ0v) is 17.5. The largest absolute Gasteiger partial charge is 0.372 e. The van der Waals surface area contributed by atoms with Crippen LogP contribution in [-0.4, -0.2) is 42.1 Å². The molecule has 0 unspecified atom stereocenters. The smallest absolute Gasteiger partial charge is 0.275 e. The van der Waals surface area contributed by atoms with E-state index in [9.17, 15) is 4.79 Å². The minimum Gasteiger partial charge on any atom is -0.372 e. The molecule has 0 bridgehead atoms. The molecule has 1 aromatic heterocycles. The van der Waals surface area contributed by atoms with E-state index < -0.39 is 0 Å². The molecule has 0 saturated carbocycles. The molecule has 1 N–H and O–H groups in total. The van der Waals surface area contributed by atoms with E-state index in [0.29, 0.717) is 5.69 Å². The Morgan fingerprint density at radius 3 is 2.00 bits per heavy atom. The number of anilines is 3. The second-order valence-corrected chi connectivity index (χ2v) is 8.60. The van der Waals surface area contributed by atoms with Crippen LogP contribution in [0.4, 0.5) is 17.2 Å². The van der Waals surface area contributed by atoms with Gasteiger partial charge >= 0.3 is 0 Å². The van der Waals surface area contributed by atoms with Gasteiger partial charge in [0.15, 0.2) is 0 Å². The summed E-state index contributed by atoms with van der Waals surface area (Å²) in [4.78, 5) is 26.0. The highest BCUT2D eigenvalue weighted by molar-refractivity contribution is 6.02. The van der Waals surface area contributed by atoms with E-state index in [1.54, 1.807) is 12.4 Å². The summed E-state index contributed by atoms with van der Waals surface area (Å²) in [5, 5.41) is 2.93. The van der Waals surface area contributed by atoms with E-state index in [-0.39, 0.29) is 5.91 Å². The lowest BCUT2D eigenvalue weighted by molar-refractivity contribution is 0.102. The molecule has 29 heavy (non-hydrogen) atoms. The molecule has 2 aliphatic rings. The number of hydrogen-bond donors (Lipinski definition) is 1. The van der Waals surface area contributed by atoms with Crippen LogP contribution in [0.3, 0.4) is 0 Å². The van der Waals surface area contributed by atoms with Crippen molar-refractivity contribution in [1.82, 2.24) is 9.97 Å². The normalized spacial score (nSPS) is 18.7. The maximum absolute atomic E-state index is 12.5. The summed E-state index contributed by atoms with van der Waals surface area (Å²) in [6, 6.07) is 8.08. The lowest BCUT2D eigenvalue weighted by atomic mass is 9.99. The molecule has 3 heterocycles. The van der Waals surface area contributed by atoms with Gasteiger partial charge in [0.05, 0.1) is 12.4 Å². The summed E-state index contributed by atoms with van der Waals surface area (Å²) in [5.41, 5.74) is 2.34. The number of hydrogen-bond acceptors (Lipinski definition) is 5. The molecule has 0 aliphatic carbocycles. The molecule has 154 valence electrons. The fraction of sp³-hybridized carbons (Fsp3) is 0.522. The van der Waals surface area contributed by atoms with Gasteiger partial charge in [-0.1, -0.05) is 13.8 Å². The molecule has 6 nitrogen and oxygen atoms in total. The van der Waals surface area contributed by atoms with E-state index in [1.807, 2.05) is 12.1 Å². The number of aromatic nitrogens is 2. The topological polar surface area (TPSA) is 61.4 Å². The van der Waals surface area contributed by atoms with E-state index in [1.165, 1.54) is 31.4 Å². The minimum absolute atomic E-state index is 0.226. The Morgan fingerprint density at radius 1 is 0.862 bits per heavy atom. The van der Waals surface area contributed by atoms with Gasteiger partial charge in [0.2, 0.25) is 0 Å². The molecule has 0 radical (unpaired) electrons. The molecule has 2 aliphatic heterocycles. The average Bonchev–Trinajstić information content (AvgIpc) is 2.76. The fourth-order valence-electron chi connectivity index (χ4n) is 4.06. The first-order valence-corrected chi connectivity index (χ1v) is 10.8. The predicted molar refractivity (Wildman–Crippen MR) is 118 cm³/mol. The number of benzene rings is 1. The molecule has 1 amide bonds. The minimum atomic E-state index is -0.226. The first-order chi connectivity index (χ1) is 14.1. The predicted octanol–water partition coefficient (Wildman–Crippen LogP) is 4.20. The SMILES string of the molecule is CC1CCN(c2ccc(NC(=O)c3cnc(N4CCC(C)CC4)cn3)cc2)CC1. The molecule has 2 fully saturated rings. The quantitative estimate of drug-likeness (QED) is 0.843. The second-order valence-electron chi connectivity index (χ2n) is 8.60. The summed E-state index contributed by atoms with van der Waals surface area (Å²) >= 11 is 0. The van der Waals surface area contributed by atoms with E-state index in [0.717, 1.165) is 49.5 Å². The van der Waals surface area contributed by atoms with Gasteiger partial charge in [0, 0.05) is 37.6 Å². The third-order valence-electron chi connectivity index (χ3n) is 6.25. The highest BCUT2D eigenvalue weighted by Gasteiger charge is 2.18. The number of nitrogens with zero attached hydrogens (tertiary/aromatic N) is 4. The monoisotopic (exact) mass is 393 g/mol. The van der Waals surface area contributed by atoms with Crippen molar-refractivity contribution in [2.75, 3.05) is 41.3 Å². The number of carbonyl (C=O) groups is 1. The Bertz CT molecular complexity index is 804. The zero-order chi connectivity index (χ0) is 20.2. The Labute approximate surface area is 173 Å². The average molecular weight is 394 g/mol. The van der Waals surface area contributed by atoms with Gasteiger partial charge in [-0.15, -0.1) is 0 Å². The molecule has 2 aromatic rings. The van der Waals surface area contributed by atoms with Gasteiger partial charge < -0.3 is 15.1 Å². The van der Waals surface area contributed by atoms with Crippen molar-refractivity contribution in [3.8, 4) is 0 Å². The van der Waals surface area contributed by atoms with Gasteiger partial charge in [-0.2, -0.15) is 0 Å². The van der Waals surface area contributed by atoms with Crippen LogP contribution in [0.25, 0.3) is 0 Å². The van der Waals surface area contributed by atoms with Gasteiger partial charge in [-0.3, -0.25) is 4.79 Å². The first kappa shape index (κ1) is 19.7. The first-order valence-electron chi connectivity index (χ1n) is 10.8. The Kier molecular flexibility index (Phi) is 5.97. The molecule has 2 saturated heterocycles. The maximum atomic E-state index is 12.5. The maximum Gasteiger partial charge on any atom is 0.275 e. The summed E-state index contributed by atoms with van der Waals surface area (Å²) in [6.07, 6.45) is 8.12. The lowest BCUT2D eigenvalue weighted by Crippen LogP contribution is -2.33. The molecule has 1 aromatic carbocycles. The van der Waals surface area contributed by atoms with Crippen molar-refractivity contribution >= 4 is 23.1 Å². The van der Waals surface area contributed by atoms with Gasteiger partial charge in [-0.25, -0.2) is 9.97 Å². The third-order valence-corrected chi connectivity index (χ3v) is 6.25. The lowest BCUT2D eigenvalue weighted by Gasteiger charge is -2.32. The Morgan fingerprint density at radius 2 is 1.45 bits per heavy atom. The summed E-state index contributed by atoms with van der Waals surface area (Å²) in [7, 11) is 0. The van der Waals surface area contributed by atoms with E-state index in [2.05, 4.69) is 51.1 Å². The summed E-state index contributed by atoms with van der Waals surface area (Å²) in [6.45, 7) is 8.82. The van der Waals surface area contributed by atoms with Crippen molar-refractivity contribution < 1.29 is 4.79 Å². The van der Waals surface area contributed by atoms with Gasteiger partial charge in [-0.05, 0) is 61.8 Å². The number of amides is 1. The van der Waals surface area contributed by atoms with Crippen molar-refractivity contribution in [2.24, 2.45) is 11.8 Å². The summed E-state index contributed by atoms with van der Waals surface area (Å²) < 4.78 is 0. The third kappa shape index (κ3) is 4.86. The zero-order valence-electron chi connectivity index (χ0n) is 17.5. The van der Waals surface area contributed by atoms with Crippen LogP contribution in [0.2, 0.25) is 0 Å². The Balaban J connectivity index is 1.34. The van der Waals surface area contributed by atoms with Crippen LogP contribution in [0, 0.1) is 11.8 Å². The molecule has 0 spiro atoms. The highest BCUT2D eigenvalue weighted by Crippen LogP contribution is 2.24.